The van der Waals surface area contributed by atoms with Gasteiger partial charge in [0.1, 0.15) is 10.4 Å². The van der Waals surface area contributed by atoms with Gasteiger partial charge in [0.25, 0.3) is 5.91 Å². The molecule has 1 aromatic carbocycles. The number of carbonyl (C=O) groups excluding carboxylic acids is 1. The van der Waals surface area contributed by atoms with E-state index in [-0.39, 0.29) is 16.6 Å². The summed E-state index contributed by atoms with van der Waals surface area (Å²) in [5.74, 6) is -1.45. The first-order valence-corrected chi connectivity index (χ1v) is 8.46. The SMILES string of the molecule is O=C(O)[C@H](Cc1ccccc1)N1C(=O)/C(=C/c2ccc[nH]2)SC1=S. The number of carboxylic acids is 1. The lowest BCUT2D eigenvalue weighted by atomic mass is 10.0. The first kappa shape index (κ1) is 16.5. The molecule has 0 spiro atoms. The van der Waals surface area contributed by atoms with Crippen LogP contribution < -0.4 is 0 Å². The standard InChI is InChI=1S/C17H14N2O3S2/c20-15-14(10-12-7-4-8-18-12)24-17(23)19(15)13(16(21)22)9-11-5-2-1-3-6-11/h1-8,10,13,18H,9H2,(H,21,22)/b14-10-/t13-/m0/s1. The normalized spacial score (nSPS) is 17.5. The van der Waals surface area contributed by atoms with E-state index in [2.05, 4.69) is 4.98 Å². The van der Waals surface area contributed by atoms with Gasteiger partial charge < -0.3 is 10.1 Å². The molecule has 2 aromatic rings. The van der Waals surface area contributed by atoms with Crippen molar-refractivity contribution in [3.05, 3.63) is 64.8 Å². The minimum atomic E-state index is -1.07. The Hall–Kier alpha value is -2.38. The Labute approximate surface area is 148 Å². The van der Waals surface area contributed by atoms with Gasteiger partial charge in [-0.3, -0.25) is 9.69 Å². The molecule has 0 saturated carbocycles. The van der Waals surface area contributed by atoms with Gasteiger partial charge in [0.15, 0.2) is 0 Å². The van der Waals surface area contributed by atoms with Crippen LogP contribution >= 0.6 is 24.0 Å². The quantitative estimate of drug-likeness (QED) is 0.635. The zero-order valence-electron chi connectivity index (χ0n) is 12.5. The molecule has 0 aliphatic carbocycles. The van der Waals surface area contributed by atoms with E-state index in [1.165, 1.54) is 4.90 Å². The third-order valence-corrected chi connectivity index (χ3v) is 4.93. The first-order chi connectivity index (χ1) is 11.6. The van der Waals surface area contributed by atoms with Crippen LogP contribution in [-0.4, -0.2) is 37.2 Å². The lowest BCUT2D eigenvalue weighted by Gasteiger charge is -2.23. The van der Waals surface area contributed by atoms with Crippen LogP contribution in [0.1, 0.15) is 11.3 Å². The van der Waals surface area contributed by atoms with Crippen LogP contribution in [0, 0.1) is 0 Å². The molecule has 1 fully saturated rings. The molecule has 0 radical (unpaired) electrons. The number of rotatable bonds is 5. The van der Waals surface area contributed by atoms with E-state index in [1.54, 1.807) is 12.3 Å². The first-order valence-electron chi connectivity index (χ1n) is 7.23. The molecule has 3 rings (SSSR count). The van der Waals surface area contributed by atoms with Crippen molar-refractivity contribution in [2.45, 2.75) is 12.5 Å². The summed E-state index contributed by atoms with van der Waals surface area (Å²) >= 11 is 6.38. The molecule has 1 saturated heterocycles. The molecule has 2 N–H and O–H groups in total. The Morgan fingerprint density at radius 1 is 1.29 bits per heavy atom. The summed E-state index contributed by atoms with van der Waals surface area (Å²) < 4.78 is 0.265. The molecule has 24 heavy (non-hydrogen) atoms. The summed E-state index contributed by atoms with van der Waals surface area (Å²) in [6.07, 6.45) is 3.64. The Bertz CT molecular complexity index is 801. The average Bonchev–Trinajstić information content (AvgIpc) is 3.16. The second-order valence-corrected chi connectivity index (χ2v) is 6.90. The smallest absolute Gasteiger partial charge is 0.327 e. The lowest BCUT2D eigenvalue weighted by Crippen LogP contribution is -2.45. The highest BCUT2D eigenvalue weighted by atomic mass is 32.2. The van der Waals surface area contributed by atoms with Gasteiger partial charge in [-0.05, 0) is 23.8 Å². The number of nitrogens with one attached hydrogen (secondary N) is 1. The molecule has 122 valence electrons. The maximum atomic E-state index is 12.7. The number of thioether (sulfide) groups is 1. The fraction of sp³-hybridized carbons (Fsp3) is 0.118. The number of hydrogen-bond donors (Lipinski definition) is 2. The van der Waals surface area contributed by atoms with E-state index in [0.29, 0.717) is 4.91 Å². The number of carboxylic acid groups (broad SMARTS) is 1. The fourth-order valence-electron chi connectivity index (χ4n) is 2.45. The zero-order chi connectivity index (χ0) is 17.1. The Kier molecular flexibility index (Phi) is 4.82. The maximum Gasteiger partial charge on any atom is 0.327 e. The summed E-state index contributed by atoms with van der Waals surface area (Å²) in [6, 6.07) is 11.8. The second kappa shape index (κ2) is 7.02. The summed E-state index contributed by atoms with van der Waals surface area (Å²) in [5, 5.41) is 9.59. The van der Waals surface area contributed by atoms with Gasteiger partial charge in [-0.1, -0.05) is 54.3 Å². The summed E-state index contributed by atoms with van der Waals surface area (Å²) in [6.45, 7) is 0. The number of aromatic amines is 1. The second-order valence-electron chi connectivity index (χ2n) is 5.22. The van der Waals surface area contributed by atoms with Gasteiger partial charge >= 0.3 is 5.97 Å². The molecule has 1 atom stereocenters. The summed E-state index contributed by atoms with van der Waals surface area (Å²) in [7, 11) is 0. The Morgan fingerprint density at radius 3 is 2.67 bits per heavy atom. The zero-order valence-corrected chi connectivity index (χ0v) is 14.1. The predicted molar refractivity (Wildman–Crippen MR) is 97.4 cm³/mol. The highest BCUT2D eigenvalue weighted by Gasteiger charge is 2.40. The van der Waals surface area contributed by atoms with E-state index >= 15 is 0 Å². The van der Waals surface area contributed by atoms with E-state index in [1.807, 2.05) is 42.5 Å². The van der Waals surface area contributed by atoms with Crippen molar-refractivity contribution in [1.29, 1.82) is 0 Å². The van der Waals surface area contributed by atoms with Gasteiger partial charge in [0.2, 0.25) is 0 Å². The number of aliphatic carboxylic acids is 1. The van der Waals surface area contributed by atoms with Gasteiger partial charge in [0, 0.05) is 18.3 Å². The van der Waals surface area contributed by atoms with E-state index in [0.717, 1.165) is 23.0 Å². The predicted octanol–water partition coefficient (Wildman–Crippen LogP) is 2.91. The van der Waals surface area contributed by atoms with Crippen LogP contribution in [0.5, 0.6) is 0 Å². The number of thiocarbonyl (C=S) groups is 1. The lowest BCUT2D eigenvalue weighted by molar-refractivity contribution is -0.145. The molecule has 1 aliphatic heterocycles. The molecule has 1 aliphatic rings. The van der Waals surface area contributed by atoms with Crippen LogP contribution in [0.2, 0.25) is 0 Å². The van der Waals surface area contributed by atoms with Crippen LogP contribution in [-0.2, 0) is 16.0 Å². The Balaban J connectivity index is 1.87. The molecule has 5 nitrogen and oxygen atoms in total. The number of carbonyl (C=O) groups is 2. The van der Waals surface area contributed by atoms with E-state index < -0.39 is 12.0 Å². The molecule has 0 bridgehead atoms. The summed E-state index contributed by atoms with van der Waals surface area (Å²) in [5.41, 5.74) is 1.61. The third kappa shape index (κ3) is 3.42. The maximum absolute atomic E-state index is 12.7. The van der Waals surface area contributed by atoms with Crippen molar-refractivity contribution >= 4 is 46.3 Å². The monoisotopic (exact) mass is 358 g/mol. The van der Waals surface area contributed by atoms with Crippen molar-refractivity contribution in [2.24, 2.45) is 0 Å². The number of H-pyrrole nitrogens is 1. The van der Waals surface area contributed by atoms with Crippen molar-refractivity contribution in [3.63, 3.8) is 0 Å². The van der Waals surface area contributed by atoms with Crippen LogP contribution in [0.15, 0.2) is 53.6 Å². The highest BCUT2D eigenvalue weighted by molar-refractivity contribution is 8.26. The molecule has 1 aromatic heterocycles. The molecular formula is C17H14N2O3S2. The molecule has 7 heteroatoms. The Morgan fingerprint density at radius 2 is 2.04 bits per heavy atom. The van der Waals surface area contributed by atoms with Crippen LogP contribution in [0.4, 0.5) is 0 Å². The molecule has 2 heterocycles. The number of amides is 1. The van der Waals surface area contributed by atoms with Crippen molar-refractivity contribution in [3.8, 4) is 0 Å². The molecular weight excluding hydrogens is 344 g/mol. The van der Waals surface area contributed by atoms with Crippen LogP contribution in [0.25, 0.3) is 6.08 Å². The number of benzene rings is 1. The largest absolute Gasteiger partial charge is 0.480 e. The van der Waals surface area contributed by atoms with Crippen molar-refractivity contribution in [1.82, 2.24) is 9.88 Å². The number of nitrogens with zero attached hydrogens (tertiary/aromatic N) is 1. The topological polar surface area (TPSA) is 73.4 Å². The van der Waals surface area contributed by atoms with Gasteiger partial charge in [0.05, 0.1) is 4.91 Å². The number of aromatic nitrogens is 1. The molecule has 1 amide bonds. The van der Waals surface area contributed by atoms with Crippen LogP contribution in [0.3, 0.4) is 0 Å². The van der Waals surface area contributed by atoms with E-state index in [4.69, 9.17) is 12.2 Å². The third-order valence-electron chi connectivity index (χ3n) is 3.60. The van der Waals surface area contributed by atoms with Gasteiger partial charge in [-0.25, -0.2) is 4.79 Å². The summed E-state index contributed by atoms with van der Waals surface area (Å²) in [4.78, 5) is 29.0. The number of hydrogen-bond acceptors (Lipinski definition) is 4. The fourth-order valence-corrected chi connectivity index (χ4v) is 3.80. The minimum Gasteiger partial charge on any atom is -0.480 e. The minimum absolute atomic E-state index is 0.207. The van der Waals surface area contributed by atoms with Crippen molar-refractivity contribution in [2.75, 3.05) is 0 Å². The molecule has 0 unspecified atom stereocenters. The van der Waals surface area contributed by atoms with E-state index in [9.17, 15) is 14.7 Å². The van der Waals surface area contributed by atoms with Crippen molar-refractivity contribution < 1.29 is 14.7 Å². The van der Waals surface area contributed by atoms with Gasteiger partial charge in [-0.2, -0.15) is 0 Å². The van der Waals surface area contributed by atoms with Gasteiger partial charge in [-0.15, -0.1) is 0 Å². The average molecular weight is 358 g/mol. The highest BCUT2D eigenvalue weighted by Crippen LogP contribution is 2.34.